The summed E-state index contributed by atoms with van der Waals surface area (Å²) in [6.07, 6.45) is -0.560. The Morgan fingerprint density at radius 2 is 1.25 bits per heavy atom. The Kier molecular flexibility index (Phi) is 115. The van der Waals surface area contributed by atoms with Gasteiger partial charge in [0.2, 0.25) is 0 Å². The standard InChI is InChI=1S/C3H8O2.C2H6O.K.Na.2H2O/c1-3(5)2-4;1-2-3;;;;/h3-5H,2H2,1H3;3H,2H2,1H3;;;2*1H2/q;;2*+1;;/p-2. The van der Waals surface area contributed by atoms with Crippen LogP contribution in [0.15, 0.2) is 0 Å². The van der Waals surface area contributed by atoms with E-state index in [9.17, 15) is 0 Å². The van der Waals surface area contributed by atoms with E-state index in [1.54, 1.807) is 6.92 Å². The minimum atomic E-state index is -0.560. The van der Waals surface area contributed by atoms with Gasteiger partial charge in [-0.25, -0.2) is 0 Å². The molecule has 0 aliphatic heterocycles. The van der Waals surface area contributed by atoms with Crippen molar-refractivity contribution in [3.63, 3.8) is 0 Å². The zero-order chi connectivity index (χ0) is 6.99. The SMILES string of the molecule is CC(O)CO.CCO.[K+].[Na+].[OH-].[OH-]. The quantitative estimate of drug-likeness (QED) is 0.378. The molecule has 1 unspecified atom stereocenters. The van der Waals surface area contributed by atoms with Gasteiger partial charge in [-0.05, 0) is 13.8 Å². The van der Waals surface area contributed by atoms with Gasteiger partial charge in [0.05, 0.1) is 12.7 Å². The van der Waals surface area contributed by atoms with Gasteiger partial charge in [-0.2, -0.15) is 0 Å². The summed E-state index contributed by atoms with van der Waals surface area (Å²) in [4.78, 5) is 0. The maximum absolute atomic E-state index is 8.11. The molecule has 1 atom stereocenters. The molecule has 12 heavy (non-hydrogen) atoms. The summed E-state index contributed by atoms with van der Waals surface area (Å²) in [5.74, 6) is 0. The van der Waals surface area contributed by atoms with Crippen molar-refractivity contribution in [3.8, 4) is 0 Å². The van der Waals surface area contributed by atoms with E-state index >= 15 is 0 Å². The van der Waals surface area contributed by atoms with Crippen molar-refractivity contribution in [1.29, 1.82) is 0 Å². The minimum Gasteiger partial charge on any atom is -0.870 e. The summed E-state index contributed by atoms with van der Waals surface area (Å²) < 4.78 is 0. The first-order valence-corrected chi connectivity index (χ1v) is 2.58. The van der Waals surface area contributed by atoms with Crippen molar-refractivity contribution < 1.29 is 107 Å². The van der Waals surface area contributed by atoms with Gasteiger partial charge in [0.25, 0.3) is 0 Å². The second-order valence-electron chi connectivity index (χ2n) is 1.35. The van der Waals surface area contributed by atoms with Crippen LogP contribution < -0.4 is 80.9 Å². The fraction of sp³-hybridized carbons (Fsp3) is 1.00. The Balaban J connectivity index is -0.0000000119. The normalized spacial score (nSPS) is 7.75. The van der Waals surface area contributed by atoms with E-state index in [-0.39, 0.29) is 105 Å². The molecular weight excluding hydrogens is 202 g/mol. The molecule has 0 aliphatic rings. The molecule has 0 aromatic carbocycles. The van der Waals surface area contributed by atoms with Crippen molar-refractivity contribution >= 4 is 0 Å². The topological polar surface area (TPSA) is 121 Å². The molecule has 5 N–H and O–H groups in total. The van der Waals surface area contributed by atoms with Gasteiger partial charge in [0.15, 0.2) is 0 Å². The van der Waals surface area contributed by atoms with E-state index in [4.69, 9.17) is 15.3 Å². The molecular formula is C5H16KNaO5. The maximum Gasteiger partial charge on any atom is 1.00 e. The van der Waals surface area contributed by atoms with Gasteiger partial charge >= 0.3 is 80.9 Å². The summed E-state index contributed by atoms with van der Waals surface area (Å²) >= 11 is 0. The van der Waals surface area contributed by atoms with E-state index in [0.717, 1.165) is 0 Å². The minimum absolute atomic E-state index is 0. The first-order chi connectivity index (χ1) is 3.68. The first-order valence-electron chi connectivity index (χ1n) is 2.58. The molecule has 0 saturated carbocycles. The van der Waals surface area contributed by atoms with Crippen molar-refractivity contribution in [2.24, 2.45) is 0 Å². The number of aliphatic hydroxyl groups excluding tert-OH is 3. The van der Waals surface area contributed by atoms with Crippen LogP contribution in [0.2, 0.25) is 0 Å². The fourth-order valence-corrected chi connectivity index (χ4v) is 0. The smallest absolute Gasteiger partial charge is 0.870 e. The zero-order valence-corrected chi connectivity index (χ0v) is 13.4. The van der Waals surface area contributed by atoms with E-state index in [2.05, 4.69) is 0 Å². The largest absolute Gasteiger partial charge is 1.00 e. The number of hydrogen-bond acceptors (Lipinski definition) is 5. The molecule has 0 amide bonds. The van der Waals surface area contributed by atoms with Crippen LogP contribution in [-0.2, 0) is 0 Å². The van der Waals surface area contributed by atoms with Gasteiger partial charge < -0.3 is 26.3 Å². The van der Waals surface area contributed by atoms with E-state index in [0.29, 0.717) is 0 Å². The van der Waals surface area contributed by atoms with Gasteiger partial charge in [-0.15, -0.1) is 0 Å². The summed E-state index contributed by atoms with van der Waals surface area (Å²) in [7, 11) is 0. The average Bonchev–Trinajstić information content (AvgIpc) is 1.69. The van der Waals surface area contributed by atoms with E-state index < -0.39 is 6.10 Å². The van der Waals surface area contributed by atoms with Gasteiger partial charge in [-0.1, -0.05) is 0 Å². The first kappa shape index (κ1) is 36.6. The Morgan fingerprint density at radius 3 is 1.25 bits per heavy atom. The Labute approximate surface area is 138 Å². The van der Waals surface area contributed by atoms with Crippen LogP contribution >= 0.6 is 0 Å². The van der Waals surface area contributed by atoms with Gasteiger partial charge in [0, 0.05) is 6.61 Å². The Hall–Kier alpha value is 2.44. The van der Waals surface area contributed by atoms with Crippen molar-refractivity contribution in [2.45, 2.75) is 20.0 Å². The second-order valence-corrected chi connectivity index (χ2v) is 1.35. The predicted octanol–water partition coefficient (Wildman–Crippen LogP) is -6.99. The summed E-state index contributed by atoms with van der Waals surface area (Å²) in [6.45, 7) is 3.32. The van der Waals surface area contributed by atoms with Crippen LogP contribution in [0.3, 0.4) is 0 Å². The molecule has 0 bridgehead atoms. The Bertz CT molecular complexity index is 41.0. The third-order valence-electron chi connectivity index (χ3n) is 0.264. The van der Waals surface area contributed by atoms with Crippen LogP contribution in [0.25, 0.3) is 0 Å². The number of hydrogen-bond donors (Lipinski definition) is 3. The summed E-state index contributed by atoms with van der Waals surface area (Å²) in [6, 6.07) is 0. The molecule has 7 heteroatoms. The third-order valence-corrected chi connectivity index (χ3v) is 0.264. The van der Waals surface area contributed by atoms with Crippen LogP contribution in [0, 0.1) is 0 Å². The second kappa shape index (κ2) is 37.6. The number of aliphatic hydroxyl groups is 3. The van der Waals surface area contributed by atoms with Gasteiger partial charge in [-0.3, -0.25) is 0 Å². The molecule has 0 heterocycles. The fourth-order valence-electron chi connectivity index (χ4n) is 0. The third kappa shape index (κ3) is 82.6. The molecule has 0 fully saturated rings. The summed E-state index contributed by atoms with van der Waals surface area (Å²) in [5, 5.41) is 23.6. The molecule has 0 aromatic rings. The monoisotopic (exact) mass is 218 g/mol. The molecule has 0 rings (SSSR count). The van der Waals surface area contributed by atoms with Crippen molar-refractivity contribution in [3.05, 3.63) is 0 Å². The van der Waals surface area contributed by atoms with E-state index in [1.807, 2.05) is 0 Å². The van der Waals surface area contributed by atoms with Crippen molar-refractivity contribution in [2.75, 3.05) is 13.2 Å². The van der Waals surface area contributed by atoms with Crippen LogP contribution in [0.1, 0.15) is 13.8 Å². The maximum atomic E-state index is 8.11. The van der Waals surface area contributed by atoms with Crippen LogP contribution in [0.5, 0.6) is 0 Å². The molecule has 0 spiro atoms. The molecule has 5 nitrogen and oxygen atoms in total. The zero-order valence-electron chi connectivity index (χ0n) is 8.23. The van der Waals surface area contributed by atoms with Crippen molar-refractivity contribution in [1.82, 2.24) is 0 Å². The Morgan fingerprint density at radius 1 is 1.17 bits per heavy atom. The average molecular weight is 218 g/mol. The predicted molar refractivity (Wildman–Crippen MR) is 35.4 cm³/mol. The number of rotatable bonds is 1. The molecule has 0 radical (unpaired) electrons. The van der Waals surface area contributed by atoms with Gasteiger partial charge in [0.1, 0.15) is 0 Å². The van der Waals surface area contributed by atoms with Crippen LogP contribution in [0.4, 0.5) is 0 Å². The molecule has 68 valence electrons. The molecule has 0 saturated heterocycles. The molecule has 0 aromatic heterocycles. The summed E-state index contributed by atoms with van der Waals surface area (Å²) in [5.41, 5.74) is 0. The van der Waals surface area contributed by atoms with Crippen LogP contribution in [-0.4, -0.2) is 45.6 Å². The van der Waals surface area contributed by atoms with E-state index in [1.165, 1.54) is 6.92 Å². The molecule has 0 aliphatic carbocycles.